The Kier molecular flexibility index (Phi) is 3.46. The fraction of sp³-hybridized carbons (Fsp3) is 0.143. The molecule has 5 heteroatoms. The molecule has 0 bridgehead atoms. The van der Waals surface area contributed by atoms with Crippen molar-refractivity contribution in [2.75, 3.05) is 0 Å². The quantitative estimate of drug-likeness (QED) is 0.863. The highest BCUT2D eigenvalue weighted by atomic mass is 19.1. The van der Waals surface area contributed by atoms with Crippen LogP contribution in [0.15, 0.2) is 30.3 Å². The number of aliphatic carboxylic acids is 1. The molecule has 0 fully saturated rings. The topological polar surface area (TPSA) is 55.1 Å². The van der Waals surface area contributed by atoms with E-state index in [9.17, 15) is 9.18 Å². The number of rotatable bonds is 3. The largest absolute Gasteiger partial charge is 0.478 e. The molecule has 2 rings (SSSR count). The highest BCUT2D eigenvalue weighted by molar-refractivity contribution is 5.85. The van der Waals surface area contributed by atoms with E-state index in [0.29, 0.717) is 22.6 Å². The van der Waals surface area contributed by atoms with Gasteiger partial charge < -0.3 is 5.11 Å². The molecule has 0 aliphatic carbocycles. The average Bonchev–Trinajstić information content (AvgIpc) is 2.63. The van der Waals surface area contributed by atoms with E-state index in [0.717, 1.165) is 6.08 Å². The lowest BCUT2D eigenvalue weighted by Gasteiger charge is -2.05. The van der Waals surface area contributed by atoms with Crippen molar-refractivity contribution in [3.05, 3.63) is 53.1 Å². The lowest BCUT2D eigenvalue weighted by molar-refractivity contribution is -0.131. The van der Waals surface area contributed by atoms with Crippen molar-refractivity contribution in [1.82, 2.24) is 9.78 Å². The van der Waals surface area contributed by atoms with E-state index in [1.807, 2.05) is 0 Å². The molecule has 1 aromatic carbocycles. The molecular formula is C14H13FN2O2. The predicted molar refractivity (Wildman–Crippen MR) is 69.7 cm³/mol. The maximum atomic E-state index is 13.7. The molecule has 0 atom stereocenters. The first-order valence-corrected chi connectivity index (χ1v) is 5.73. The van der Waals surface area contributed by atoms with Crippen LogP contribution in [0.5, 0.6) is 0 Å². The van der Waals surface area contributed by atoms with Gasteiger partial charge in [0.1, 0.15) is 11.5 Å². The zero-order valence-electron chi connectivity index (χ0n) is 10.6. The van der Waals surface area contributed by atoms with Crippen molar-refractivity contribution in [3.63, 3.8) is 0 Å². The van der Waals surface area contributed by atoms with E-state index < -0.39 is 5.97 Å². The summed E-state index contributed by atoms with van der Waals surface area (Å²) in [4.78, 5) is 10.6. The number of aromatic nitrogens is 2. The second-order valence-corrected chi connectivity index (χ2v) is 4.12. The van der Waals surface area contributed by atoms with Gasteiger partial charge in [-0.25, -0.2) is 13.9 Å². The van der Waals surface area contributed by atoms with E-state index in [1.54, 1.807) is 32.0 Å². The molecule has 0 spiro atoms. The first-order valence-electron chi connectivity index (χ1n) is 5.73. The molecular weight excluding hydrogens is 247 g/mol. The molecule has 4 nitrogen and oxygen atoms in total. The first kappa shape index (κ1) is 13.0. The summed E-state index contributed by atoms with van der Waals surface area (Å²) < 4.78 is 15.2. The molecule has 98 valence electrons. The van der Waals surface area contributed by atoms with E-state index in [1.165, 1.54) is 16.8 Å². The fourth-order valence-corrected chi connectivity index (χ4v) is 1.91. The van der Waals surface area contributed by atoms with Crippen LogP contribution in [0.4, 0.5) is 4.39 Å². The number of carboxylic acids is 1. The zero-order valence-corrected chi connectivity index (χ0v) is 10.6. The number of para-hydroxylation sites is 1. The summed E-state index contributed by atoms with van der Waals surface area (Å²) >= 11 is 0. The number of hydrogen-bond acceptors (Lipinski definition) is 2. The lowest BCUT2D eigenvalue weighted by atomic mass is 10.2. The van der Waals surface area contributed by atoms with Gasteiger partial charge in [0, 0.05) is 17.3 Å². The van der Waals surface area contributed by atoms with Gasteiger partial charge >= 0.3 is 5.97 Å². The molecule has 0 saturated carbocycles. The van der Waals surface area contributed by atoms with Crippen LogP contribution >= 0.6 is 0 Å². The van der Waals surface area contributed by atoms with E-state index in [-0.39, 0.29) is 5.82 Å². The minimum atomic E-state index is -1.03. The highest BCUT2D eigenvalue weighted by Gasteiger charge is 2.13. The predicted octanol–water partition coefficient (Wildman–Crippen LogP) is 2.73. The third kappa shape index (κ3) is 2.54. The van der Waals surface area contributed by atoms with Gasteiger partial charge in [0.2, 0.25) is 0 Å². The SMILES string of the molecule is Cc1nn(-c2ccccc2F)c(C)c1/C=C/C(=O)O. The number of aryl methyl sites for hydroxylation is 1. The third-order valence-electron chi connectivity index (χ3n) is 2.82. The van der Waals surface area contributed by atoms with Crippen molar-refractivity contribution in [3.8, 4) is 5.69 Å². The highest BCUT2D eigenvalue weighted by Crippen LogP contribution is 2.20. The molecule has 19 heavy (non-hydrogen) atoms. The maximum Gasteiger partial charge on any atom is 0.328 e. The zero-order chi connectivity index (χ0) is 14.0. The van der Waals surface area contributed by atoms with Crippen molar-refractivity contribution in [2.24, 2.45) is 0 Å². The van der Waals surface area contributed by atoms with Gasteiger partial charge in [-0.3, -0.25) is 0 Å². The maximum absolute atomic E-state index is 13.7. The van der Waals surface area contributed by atoms with Gasteiger partial charge in [-0.15, -0.1) is 0 Å². The van der Waals surface area contributed by atoms with Crippen LogP contribution < -0.4 is 0 Å². The van der Waals surface area contributed by atoms with Crippen LogP contribution in [0.2, 0.25) is 0 Å². The molecule has 2 aromatic rings. The Morgan fingerprint density at radius 3 is 2.68 bits per heavy atom. The Labute approximate surface area is 109 Å². The molecule has 0 radical (unpaired) electrons. The Bertz CT molecular complexity index is 659. The van der Waals surface area contributed by atoms with Crippen molar-refractivity contribution >= 4 is 12.0 Å². The summed E-state index contributed by atoms with van der Waals surface area (Å²) in [7, 11) is 0. The summed E-state index contributed by atoms with van der Waals surface area (Å²) in [6, 6.07) is 6.31. The molecule has 0 aliphatic rings. The van der Waals surface area contributed by atoms with Crippen molar-refractivity contribution in [1.29, 1.82) is 0 Å². The normalized spacial score (nSPS) is 11.1. The number of carbonyl (C=O) groups is 1. The van der Waals surface area contributed by atoms with Crippen molar-refractivity contribution in [2.45, 2.75) is 13.8 Å². The molecule has 1 heterocycles. The van der Waals surface area contributed by atoms with Crippen LogP contribution in [0.3, 0.4) is 0 Å². The van der Waals surface area contributed by atoms with Gasteiger partial charge in [-0.2, -0.15) is 5.10 Å². The summed E-state index contributed by atoms with van der Waals surface area (Å²) in [5.41, 5.74) is 2.38. The van der Waals surface area contributed by atoms with Crippen LogP contribution in [0.25, 0.3) is 11.8 Å². The molecule has 0 aliphatic heterocycles. The fourth-order valence-electron chi connectivity index (χ4n) is 1.91. The van der Waals surface area contributed by atoms with Crippen LogP contribution in [-0.2, 0) is 4.79 Å². The van der Waals surface area contributed by atoms with Crippen molar-refractivity contribution < 1.29 is 14.3 Å². The molecule has 1 aromatic heterocycles. The standard InChI is InChI=1S/C14H13FN2O2/c1-9-11(7-8-14(18)19)10(2)17(16-9)13-6-4-3-5-12(13)15/h3-8H,1-2H3,(H,18,19)/b8-7+. The minimum Gasteiger partial charge on any atom is -0.478 e. The lowest BCUT2D eigenvalue weighted by Crippen LogP contribution is -2.01. The second-order valence-electron chi connectivity index (χ2n) is 4.12. The molecule has 0 saturated heterocycles. The number of halogens is 1. The average molecular weight is 260 g/mol. The Balaban J connectivity index is 2.53. The number of hydrogen-bond donors (Lipinski definition) is 1. The third-order valence-corrected chi connectivity index (χ3v) is 2.82. The monoisotopic (exact) mass is 260 g/mol. The Hall–Kier alpha value is -2.43. The van der Waals surface area contributed by atoms with E-state index in [4.69, 9.17) is 5.11 Å². The van der Waals surface area contributed by atoms with Gasteiger partial charge in [-0.05, 0) is 32.1 Å². The van der Waals surface area contributed by atoms with Crippen LogP contribution in [0.1, 0.15) is 17.0 Å². The van der Waals surface area contributed by atoms with Gasteiger partial charge in [0.15, 0.2) is 0 Å². The molecule has 0 unspecified atom stereocenters. The smallest absolute Gasteiger partial charge is 0.328 e. The Morgan fingerprint density at radius 1 is 1.37 bits per heavy atom. The minimum absolute atomic E-state index is 0.345. The summed E-state index contributed by atoms with van der Waals surface area (Å²) in [6.45, 7) is 3.53. The summed E-state index contributed by atoms with van der Waals surface area (Å²) in [5.74, 6) is -1.40. The second kappa shape index (κ2) is 5.06. The number of nitrogens with zero attached hydrogens (tertiary/aromatic N) is 2. The first-order chi connectivity index (χ1) is 9.00. The molecule has 1 N–H and O–H groups in total. The Morgan fingerprint density at radius 2 is 2.05 bits per heavy atom. The van der Waals surface area contributed by atoms with Crippen LogP contribution in [-0.4, -0.2) is 20.9 Å². The van der Waals surface area contributed by atoms with Crippen LogP contribution in [0, 0.1) is 19.7 Å². The number of benzene rings is 1. The van der Waals surface area contributed by atoms with Gasteiger partial charge in [0.05, 0.1) is 5.69 Å². The molecule has 0 amide bonds. The van der Waals surface area contributed by atoms with Gasteiger partial charge in [-0.1, -0.05) is 12.1 Å². The van der Waals surface area contributed by atoms with E-state index in [2.05, 4.69) is 5.10 Å². The summed E-state index contributed by atoms with van der Waals surface area (Å²) in [6.07, 6.45) is 2.51. The van der Waals surface area contributed by atoms with Gasteiger partial charge in [0.25, 0.3) is 0 Å². The number of carboxylic acid groups (broad SMARTS) is 1. The summed E-state index contributed by atoms with van der Waals surface area (Å²) in [5, 5.41) is 12.9. The van der Waals surface area contributed by atoms with E-state index >= 15 is 0 Å².